The van der Waals surface area contributed by atoms with Gasteiger partial charge in [-0.15, -0.1) is 0 Å². The van der Waals surface area contributed by atoms with E-state index >= 15 is 0 Å². The van der Waals surface area contributed by atoms with Crippen molar-refractivity contribution < 1.29 is 4.74 Å². The summed E-state index contributed by atoms with van der Waals surface area (Å²) in [6.45, 7) is 2.93. The second-order valence-electron chi connectivity index (χ2n) is 4.21. The minimum Gasteiger partial charge on any atom is -0.496 e. The fraction of sp³-hybridized carbons (Fsp3) is 0.267. The van der Waals surface area contributed by atoms with Crippen molar-refractivity contribution >= 4 is 0 Å². The summed E-state index contributed by atoms with van der Waals surface area (Å²) >= 11 is 0. The number of hydrogen-bond acceptors (Lipinski definition) is 3. The van der Waals surface area contributed by atoms with Crippen LogP contribution in [0.25, 0.3) is 0 Å². The van der Waals surface area contributed by atoms with Crippen LogP contribution in [-0.4, -0.2) is 12.1 Å². The summed E-state index contributed by atoms with van der Waals surface area (Å²) in [5, 5.41) is 3.47. The van der Waals surface area contributed by atoms with Crippen LogP contribution in [-0.2, 0) is 6.54 Å². The van der Waals surface area contributed by atoms with E-state index in [9.17, 15) is 0 Å². The molecule has 1 heterocycles. The van der Waals surface area contributed by atoms with Crippen molar-refractivity contribution in [2.45, 2.75) is 19.5 Å². The van der Waals surface area contributed by atoms with Crippen molar-refractivity contribution in [3.63, 3.8) is 0 Å². The molecule has 2 rings (SSSR count). The Hall–Kier alpha value is -1.87. The van der Waals surface area contributed by atoms with E-state index in [0.717, 1.165) is 12.3 Å². The van der Waals surface area contributed by atoms with Gasteiger partial charge in [0.2, 0.25) is 0 Å². The molecule has 94 valence electrons. The summed E-state index contributed by atoms with van der Waals surface area (Å²) in [6, 6.07) is 12.3. The maximum absolute atomic E-state index is 5.37. The SMILES string of the molecule is COc1ccccc1[C@H](C)NCc1cccnc1. The Morgan fingerprint density at radius 1 is 1.22 bits per heavy atom. The highest BCUT2D eigenvalue weighted by atomic mass is 16.5. The topological polar surface area (TPSA) is 34.1 Å². The number of rotatable bonds is 5. The Balaban J connectivity index is 2.01. The minimum absolute atomic E-state index is 0.237. The Kier molecular flexibility index (Phi) is 4.31. The zero-order valence-corrected chi connectivity index (χ0v) is 10.8. The Bertz CT molecular complexity index is 485. The highest BCUT2D eigenvalue weighted by Crippen LogP contribution is 2.24. The van der Waals surface area contributed by atoms with E-state index in [1.807, 2.05) is 30.5 Å². The molecule has 0 saturated heterocycles. The third kappa shape index (κ3) is 3.08. The van der Waals surface area contributed by atoms with Crippen LogP contribution in [0.5, 0.6) is 5.75 Å². The molecule has 3 nitrogen and oxygen atoms in total. The number of aromatic nitrogens is 1. The minimum atomic E-state index is 0.237. The number of nitrogens with one attached hydrogen (secondary N) is 1. The number of hydrogen-bond donors (Lipinski definition) is 1. The molecule has 0 unspecified atom stereocenters. The van der Waals surface area contributed by atoms with Gasteiger partial charge in [0.25, 0.3) is 0 Å². The molecule has 0 spiro atoms. The monoisotopic (exact) mass is 242 g/mol. The average Bonchev–Trinajstić information content (AvgIpc) is 2.45. The Morgan fingerprint density at radius 2 is 2.06 bits per heavy atom. The van der Waals surface area contributed by atoms with Gasteiger partial charge < -0.3 is 10.1 Å². The second-order valence-corrected chi connectivity index (χ2v) is 4.21. The number of nitrogens with zero attached hydrogens (tertiary/aromatic N) is 1. The maximum atomic E-state index is 5.37. The molecule has 3 heteroatoms. The fourth-order valence-corrected chi connectivity index (χ4v) is 1.91. The van der Waals surface area contributed by atoms with Crippen LogP contribution < -0.4 is 10.1 Å². The van der Waals surface area contributed by atoms with Gasteiger partial charge in [0.15, 0.2) is 0 Å². The van der Waals surface area contributed by atoms with Gasteiger partial charge in [-0.3, -0.25) is 4.98 Å². The standard InChI is InChI=1S/C15H18N2O/c1-12(14-7-3-4-8-15(14)18-2)17-11-13-6-5-9-16-10-13/h3-10,12,17H,11H2,1-2H3/t12-/m0/s1. The summed E-state index contributed by atoms with van der Waals surface area (Å²) in [4.78, 5) is 4.10. The van der Waals surface area contributed by atoms with Gasteiger partial charge >= 0.3 is 0 Å². The first-order valence-electron chi connectivity index (χ1n) is 6.06. The number of methoxy groups -OCH3 is 1. The van der Waals surface area contributed by atoms with Crippen molar-refractivity contribution in [3.05, 3.63) is 59.9 Å². The van der Waals surface area contributed by atoms with E-state index in [2.05, 4.69) is 29.4 Å². The number of benzene rings is 1. The molecule has 0 bridgehead atoms. The molecule has 2 aromatic rings. The van der Waals surface area contributed by atoms with E-state index in [0.29, 0.717) is 0 Å². The third-order valence-electron chi connectivity index (χ3n) is 2.94. The number of para-hydroxylation sites is 1. The van der Waals surface area contributed by atoms with Crippen molar-refractivity contribution in [1.29, 1.82) is 0 Å². The molecule has 0 radical (unpaired) electrons. The zero-order valence-electron chi connectivity index (χ0n) is 10.8. The summed E-state index contributed by atoms with van der Waals surface area (Å²) in [5.74, 6) is 0.920. The van der Waals surface area contributed by atoms with Crippen molar-refractivity contribution in [1.82, 2.24) is 10.3 Å². The Labute approximate surface area is 108 Å². The first-order valence-corrected chi connectivity index (χ1v) is 6.06. The average molecular weight is 242 g/mol. The summed E-state index contributed by atoms with van der Waals surface area (Å²) in [7, 11) is 1.70. The van der Waals surface area contributed by atoms with Gasteiger partial charge in [-0.25, -0.2) is 0 Å². The van der Waals surface area contributed by atoms with E-state index in [-0.39, 0.29) is 6.04 Å². The molecular weight excluding hydrogens is 224 g/mol. The molecule has 0 saturated carbocycles. The molecule has 1 aromatic heterocycles. The van der Waals surface area contributed by atoms with Crippen LogP contribution >= 0.6 is 0 Å². The van der Waals surface area contributed by atoms with Crippen LogP contribution in [0.3, 0.4) is 0 Å². The van der Waals surface area contributed by atoms with Gasteiger partial charge in [-0.2, -0.15) is 0 Å². The molecule has 0 amide bonds. The lowest BCUT2D eigenvalue weighted by Crippen LogP contribution is -2.18. The van der Waals surface area contributed by atoms with E-state index in [1.165, 1.54) is 11.1 Å². The summed E-state index contributed by atoms with van der Waals surface area (Å²) in [5.41, 5.74) is 2.35. The van der Waals surface area contributed by atoms with Gasteiger partial charge in [0.05, 0.1) is 7.11 Å². The summed E-state index contributed by atoms with van der Waals surface area (Å²) < 4.78 is 5.37. The van der Waals surface area contributed by atoms with E-state index < -0.39 is 0 Å². The molecule has 0 aliphatic rings. The predicted molar refractivity (Wildman–Crippen MR) is 72.5 cm³/mol. The number of ether oxygens (including phenoxy) is 1. The van der Waals surface area contributed by atoms with Gasteiger partial charge in [0.1, 0.15) is 5.75 Å². The van der Waals surface area contributed by atoms with Crippen LogP contribution in [0.1, 0.15) is 24.1 Å². The number of pyridine rings is 1. The highest BCUT2D eigenvalue weighted by molar-refractivity contribution is 5.35. The molecule has 18 heavy (non-hydrogen) atoms. The highest BCUT2D eigenvalue weighted by Gasteiger charge is 2.09. The largest absolute Gasteiger partial charge is 0.496 e. The molecule has 0 aliphatic heterocycles. The lowest BCUT2D eigenvalue weighted by atomic mass is 10.1. The first kappa shape index (κ1) is 12.6. The van der Waals surface area contributed by atoms with E-state index in [4.69, 9.17) is 4.74 Å². The van der Waals surface area contributed by atoms with Crippen molar-refractivity contribution in [2.24, 2.45) is 0 Å². The van der Waals surface area contributed by atoms with Crippen molar-refractivity contribution in [3.8, 4) is 5.75 Å². The van der Waals surface area contributed by atoms with Crippen LogP contribution in [0.15, 0.2) is 48.8 Å². The normalized spacial score (nSPS) is 12.1. The molecule has 1 aromatic carbocycles. The smallest absolute Gasteiger partial charge is 0.123 e. The lowest BCUT2D eigenvalue weighted by Gasteiger charge is -2.17. The third-order valence-corrected chi connectivity index (χ3v) is 2.94. The summed E-state index contributed by atoms with van der Waals surface area (Å²) in [6.07, 6.45) is 3.66. The molecule has 1 atom stereocenters. The predicted octanol–water partition coefficient (Wildman–Crippen LogP) is 2.94. The van der Waals surface area contributed by atoms with Gasteiger partial charge in [-0.1, -0.05) is 24.3 Å². The molecule has 0 aliphatic carbocycles. The van der Waals surface area contributed by atoms with Crippen LogP contribution in [0.2, 0.25) is 0 Å². The Morgan fingerprint density at radius 3 is 2.78 bits per heavy atom. The maximum Gasteiger partial charge on any atom is 0.123 e. The zero-order chi connectivity index (χ0) is 12.8. The second kappa shape index (κ2) is 6.17. The van der Waals surface area contributed by atoms with Gasteiger partial charge in [-0.05, 0) is 24.6 Å². The quantitative estimate of drug-likeness (QED) is 0.875. The fourth-order valence-electron chi connectivity index (χ4n) is 1.91. The first-order chi connectivity index (χ1) is 8.81. The van der Waals surface area contributed by atoms with E-state index in [1.54, 1.807) is 13.3 Å². The molecule has 1 N–H and O–H groups in total. The van der Waals surface area contributed by atoms with Crippen molar-refractivity contribution in [2.75, 3.05) is 7.11 Å². The van der Waals surface area contributed by atoms with Crippen LogP contribution in [0.4, 0.5) is 0 Å². The van der Waals surface area contributed by atoms with Crippen LogP contribution in [0, 0.1) is 0 Å². The lowest BCUT2D eigenvalue weighted by molar-refractivity contribution is 0.401. The molecule has 0 fully saturated rings. The van der Waals surface area contributed by atoms with Gasteiger partial charge in [0, 0.05) is 30.5 Å². The molecular formula is C15H18N2O.